The van der Waals surface area contributed by atoms with Crippen molar-refractivity contribution in [1.82, 2.24) is 0 Å². The van der Waals surface area contributed by atoms with Gasteiger partial charge < -0.3 is 10.2 Å². The highest BCUT2D eigenvalue weighted by Crippen LogP contribution is 2.04. The van der Waals surface area contributed by atoms with Crippen molar-refractivity contribution in [2.24, 2.45) is 0 Å². The van der Waals surface area contributed by atoms with Gasteiger partial charge in [0.25, 0.3) is 0 Å². The number of rotatable bonds is 14. The summed E-state index contributed by atoms with van der Waals surface area (Å²) < 4.78 is 0. The van der Waals surface area contributed by atoms with Gasteiger partial charge in [0.05, 0.1) is 6.10 Å². The minimum Gasteiger partial charge on any atom is -0.481 e. The Morgan fingerprint density at radius 3 is 2.36 bits per heavy atom. The van der Waals surface area contributed by atoms with Crippen LogP contribution in [0.4, 0.5) is 0 Å². The molecule has 0 rings (SSSR count). The Morgan fingerprint density at radius 2 is 1.64 bits per heavy atom. The summed E-state index contributed by atoms with van der Waals surface area (Å²) in [4.78, 5) is 10.3. The Labute approximate surface area is 135 Å². The van der Waals surface area contributed by atoms with Crippen molar-refractivity contribution in [2.45, 2.75) is 77.2 Å². The standard InChI is InChI=1S/C19H32O3/c1-2-3-4-5-6-7-8-9-12-15-18(20)16-13-10-11-14-17-19(21)22/h6-7,9,12-13,16,18,20H,2-5,8,10-11,14-15,17H2,1H3,(H,21,22)/b7-6-,12-9-,16-13+. The zero-order chi connectivity index (χ0) is 16.5. The van der Waals surface area contributed by atoms with E-state index < -0.39 is 12.1 Å². The van der Waals surface area contributed by atoms with Crippen LogP contribution in [0, 0.1) is 0 Å². The van der Waals surface area contributed by atoms with Crippen LogP contribution in [0.3, 0.4) is 0 Å². The molecular weight excluding hydrogens is 276 g/mol. The first-order valence-corrected chi connectivity index (χ1v) is 8.53. The van der Waals surface area contributed by atoms with Crippen molar-refractivity contribution >= 4 is 5.97 Å². The number of unbranched alkanes of at least 4 members (excludes halogenated alkanes) is 5. The van der Waals surface area contributed by atoms with Crippen LogP contribution >= 0.6 is 0 Å². The molecule has 0 aromatic heterocycles. The van der Waals surface area contributed by atoms with E-state index in [9.17, 15) is 9.90 Å². The lowest BCUT2D eigenvalue weighted by Gasteiger charge is -2.00. The third-order valence-corrected chi connectivity index (χ3v) is 3.33. The van der Waals surface area contributed by atoms with Gasteiger partial charge >= 0.3 is 5.97 Å². The van der Waals surface area contributed by atoms with Gasteiger partial charge in [-0.1, -0.05) is 56.2 Å². The van der Waals surface area contributed by atoms with Crippen molar-refractivity contribution < 1.29 is 15.0 Å². The number of aliphatic carboxylic acids is 1. The summed E-state index contributed by atoms with van der Waals surface area (Å²) in [7, 11) is 0. The molecule has 3 heteroatoms. The van der Waals surface area contributed by atoms with E-state index in [1.807, 2.05) is 12.2 Å². The molecule has 1 atom stereocenters. The number of carboxylic acid groups (broad SMARTS) is 1. The Morgan fingerprint density at radius 1 is 0.955 bits per heavy atom. The van der Waals surface area contributed by atoms with E-state index in [-0.39, 0.29) is 6.42 Å². The molecule has 2 N–H and O–H groups in total. The fourth-order valence-corrected chi connectivity index (χ4v) is 2.01. The van der Waals surface area contributed by atoms with E-state index >= 15 is 0 Å². The molecular formula is C19H32O3. The van der Waals surface area contributed by atoms with E-state index in [1.54, 1.807) is 6.08 Å². The monoisotopic (exact) mass is 308 g/mol. The molecule has 1 unspecified atom stereocenters. The molecule has 0 aliphatic carbocycles. The highest BCUT2D eigenvalue weighted by Gasteiger charge is 1.96. The molecule has 0 aliphatic rings. The van der Waals surface area contributed by atoms with E-state index in [0.29, 0.717) is 12.8 Å². The molecule has 0 saturated heterocycles. The molecule has 3 nitrogen and oxygen atoms in total. The summed E-state index contributed by atoms with van der Waals surface area (Å²) in [5.41, 5.74) is 0. The van der Waals surface area contributed by atoms with Crippen molar-refractivity contribution in [3.05, 3.63) is 36.5 Å². The normalized spacial score (nSPS) is 13.5. The maximum atomic E-state index is 10.3. The van der Waals surface area contributed by atoms with Crippen LogP contribution in [0.25, 0.3) is 0 Å². The zero-order valence-electron chi connectivity index (χ0n) is 13.9. The molecule has 0 aromatic rings. The lowest BCUT2D eigenvalue weighted by molar-refractivity contribution is -0.137. The van der Waals surface area contributed by atoms with Gasteiger partial charge in [-0.05, 0) is 44.9 Å². The van der Waals surface area contributed by atoms with Gasteiger partial charge in [0.15, 0.2) is 0 Å². The van der Waals surface area contributed by atoms with Gasteiger partial charge in [-0.15, -0.1) is 0 Å². The van der Waals surface area contributed by atoms with Crippen LogP contribution < -0.4 is 0 Å². The lowest BCUT2D eigenvalue weighted by atomic mass is 10.1. The van der Waals surface area contributed by atoms with Crippen molar-refractivity contribution in [2.75, 3.05) is 0 Å². The zero-order valence-corrected chi connectivity index (χ0v) is 13.9. The van der Waals surface area contributed by atoms with Gasteiger partial charge in [-0.25, -0.2) is 0 Å². The SMILES string of the molecule is CCCCC/C=C\C/C=C\CC(O)/C=C/CCCCC(=O)O. The summed E-state index contributed by atoms with van der Waals surface area (Å²) in [6, 6.07) is 0. The molecule has 0 heterocycles. The Kier molecular flexibility index (Phi) is 15.0. The molecule has 0 aliphatic heterocycles. The maximum absolute atomic E-state index is 10.3. The van der Waals surface area contributed by atoms with Crippen LogP contribution in [-0.2, 0) is 4.79 Å². The van der Waals surface area contributed by atoms with Gasteiger partial charge in [0.1, 0.15) is 0 Å². The van der Waals surface area contributed by atoms with Crippen molar-refractivity contribution in [3.63, 3.8) is 0 Å². The second-order valence-corrected chi connectivity index (χ2v) is 5.55. The average Bonchev–Trinajstić information content (AvgIpc) is 2.48. The van der Waals surface area contributed by atoms with Crippen LogP contribution in [0.1, 0.15) is 71.1 Å². The topological polar surface area (TPSA) is 57.5 Å². The highest BCUT2D eigenvalue weighted by atomic mass is 16.4. The third-order valence-electron chi connectivity index (χ3n) is 3.33. The molecule has 0 saturated carbocycles. The third kappa shape index (κ3) is 16.7. The van der Waals surface area contributed by atoms with Gasteiger partial charge in [-0.2, -0.15) is 0 Å². The predicted octanol–water partition coefficient (Wildman–Crippen LogP) is 5.02. The van der Waals surface area contributed by atoms with E-state index in [4.69, 9.17) is 5.11 Å². The first kappa shape index (κ1) is 20.6. The maximum Gasteiger partial charge on any atom is 0.303 e. The summed E-state index contributed by atoms with van der Waals surface area (Å²) in [6.07, 6.45) is 21.0. The molecule has 0 amide bonds. The minimum atomic E-state index is -0.742. The first-order chi connectivity index (χ1) is 10.7. The van der Waals surface area contributed by atoms with Crippen LogP contribution in [-0.4, -0.2) is 22.3 Å². The first-order valence-electron chi connectivity index (χ1n) is 8.53. The number of hydrogen-bond acceptors (Lipinski definition) is 2. The predicted molar refractivity (Wildman–Crippen MR) is 92.9 cm³/mol. The van der Waals surface area contributed by atoms with Crippen molar-refractivity contribution in [3.8, 4) is 0 Å². The second-order valence-electron chi connectivity index (χ2n) is 5.55. The van der Waals surface area contributed by atoms with Gasteiger partial charge in [0, 0.05) is 6.42 Å². The number of hydrogen-bond donors (Lipinski definition) is 2. The molecule has 0 aromatic carbocycles. The molecule has 0 spiro atoms. The smallest absolute Gasteiger partial charge is 0.303 e. The molecule has 0 radical (unpaired) electrons. The average molecular weight is 308 g/mol. The summed E-state index contributed by atoms with van der Waals surface area (Å²) in [6.45, 7) is 2.21. The molecule has 0 bridgehead atoms. The van der Waals surface area contributed by atoms with Gasteiger partial charge in [0.2, 0.25) is 0 Å². The van der Waals surface area contributed by atoms with Crippen molar-refractivity contribution in [1.29, 1.82) is 0 Å². The minimum absolute atomic E-state index is 0.227. The van der Waals surface area contributed by atoms with E-state index in [0.717, 1.165) is 25.7 Å². The lowest BCUT2D eigenvalue weighted by Crippen LogP contribution is -1.99. The van der Waals surface area contributed by atoms with E-state index in [1.165, 1.54) is 19.3 Å². The number of aliphatic hydroxyl groups is 1. The second kappa shape index (κ2) is 16.0. The number of aliphatic hydroxyl groups excluding tert-OH is 1. The summed E-state index contributed by atoms with van der Waals surface area (Å²) in [5.74, 6) is -0.742. The Bertz CT molecular complexity index is 343. The summed E-state index contributed by atoms with van der Waals surface area (Å²) >= 11 is 0. The van der Waals surface area contributed by atoms with Gasteiger partial charge in [-0.3, -0.25) is 4.79 Å². The fourth-order valence-electron chi connectivity index (χ4n) is 2.01. The van der Waals surface area contributed by atoms with E-state index in [2.05, 4.69) is 25.2 Å². The molecule has 0 fully saturated rings. The van der Waals surface area contributed by atoms with Crippen LogP contribution in [0.5, 0.6) is 0 Å². The molecule has 126 valence electrons. The Hall–Kier alpha value is -1.35. The fraction of sp³-hybridized carbons (Fsp3) is 0.632. The molecule has 22 heavy (non-hydrogen) atoms. The Balaban J connectivity index is 3.52. The van der Waals surface area contributed by atoms with Crippen LogP contribution in [0.15, 0.2) is 36.5 Å². The highest BCUT2D eigenvalue weighted by molar-refractivity contribution is 5.66. The number of allylic oxidation sites excluding steroid dienone is 4. The summed E-state index contributed by atoms with van der Waals surface area (Å²) in [5, 5.41) is 18.2. The number of carboxylic acids is 1. The number of carbonyl (C=O) groups is 1. The largest absolute Gasteiger partial charge is 0.481 e. The van der Waals surface area contributed by atoms with Crippen LogP contribution in [0.2, 0.25) is 0 Å². The quantitative estimate of drug-likeness (QED) is 0.350.